The predicted molar refractivity (Wildman–Crippen MR) is 106 cm³/mol. The van der Waals surface area contributed by atoms with Crippen molar-refractivity contribution in [3.63, 3.8) is 0 Å². The fourth-order valence-electron chi connectivity index (χ4n) is 3.02. The molecule has 0 fully saturated rings. The highest BCUT2D eigenvalue weighted by atomic mass is 35.5. The summed E-state index contributed by atoms with van der Waals surface area (Å²) in [5.41, 5.74) is 2.00. The molecule has 27 heavy (non-hydrogen) atoms. The van der Waals surface area contributed by atoms with E-state index < -0.39 is 19.3 Å². The van der Waals surface area contributed by atoms with Crippen LogP contribution in [0.2, 0.25) is 5.02 Å². The molecular weight excluding hydrogens is 410 g/mol. The van der Waals surface area contributed by atoms with Crippen LogP contribution in [0.25, 0.3) is 5.70 Å². The van der Waals surface area contributed by atoms with Gasteiger partial charge < -0.3 is 14.4 Å². The number of nitrogens with one attached hydrogen (secondary N) is 1. The first-order valence-corrected chi connectivity index (χ1v) is 11.0. The SMILES string of the molecule is CCOP(=O)(OC)C1=C(C)NC(c2nccs2)=CC1c1ccc(F)cc1Cl. The molecule has 0 bridgehead atoms. The third-order valence-electron chi connectivity index (χ3n) is 4.13. The Morgan fingerprint density at radius 1 is 1.44 bits per heavy atom. The molecule has 0 saturated heterocycles. The minimum absolute atomic E-state index is 0.217. The number of allylic oxidation sites excluding steroid dienone is 3. The number of nitrogens with zero attached hydrogens (tertiary/aromatic N) is 1. The molecule has 1 aliphatic rings. The summed E-state index contributed by atoms with van der Waals surface area (Å²) >= 11 is 7.79. The van der Waals surface area contributed by atoms with Gasteiger partial charge in [0.25, 0.3) is 0 Å². The molecule has 3 rings (SSSR count). The maximum atomic E-state index is 13.6. The van der Waals surface area contributed by atoms with Gasteiger partial charge in [-0.1, -0.05) is 17.7 Å². The van der Waals surface area contributed by atoms with E-state index in [0.29, 0.717) is 16.6 Å². The zero-order valence-corrected chi connectivity index (χ0v) is 17.5. The molecule has 144 valence electrons. The molecule has 0 spiro atoms. The first kappa shape index (κ1) is 20.2. The van der Waals surface area contributed by atoms with E-state index >= 15 is 0 Å². The Kier molecular flexibility index (Phi) is 6.18. The largest absolute Gasteiger partial charge is 0.359 e. The number of rotatable bonds is 6. The summed E-state index contributed by atoms with van der Waals surface area (Å²) in [6.45, 7) is 3.76. The average Bonchev–Trinajstić information content (AvgIpc) is 3.16. The van der Waals surface area contributed by atoms with E-state index in [1.165, 1.54) is 30.6 Å². The van der Waals surface area contributed by atoms with Crippen LogP contribution in [0, 0.1) is 5.82 Å². The topological polar surface area (TPSA) is 60.5 Å². The summed E-state index contributed by atoms with van der Waals surface area (Å²) in [6.07, 6.45) is 3.57. The third-order valence-corrected chi connectivity index (χ3v) is 7.55. The van der Waals surface area contributed by atoms with Gasteiger partial charge in [-0.2, -0.15) is 0 Å². The van der Waals surface area contributed by atoms with Gasteiger partial charge in [-0.25, -0.2) is 9.37 Å². The molecule has 5 nitrogen and oxygen atoms in total. The van der Waals surface area contributed by atoms with Crippen molar-refractivity contribution >= 4 is 36.2 Å². The number of aromatic nitrogens is 1. The van der Waals surface area contributed by atoms with Crippen LogP contribution < -0.4 is 5.32 Å². The predicted octanol–water partition coefficient (Wildman–Crippen LogP) is 5.77. The maximum Gasteiger partial charge on any atom is 0.359 e. The zero-order valence-electron chi connectivity index (χ0n) is 15.0. The lowest BCUT2D eigenvalue weighted by Gasteiger charge is -2.31. The first-order chi connectivity index (χ1) is 12.9. The molecule has 2 aromatic rings. The standard InChI is InChI=1S/C18H19ClFN2O3PS/c1-4-25-26(23,24-3)17-11(2)22-16(18-21-7-8-27-18)10-14(17)13-6-5-12(20)9-15(13)19/h5-10,14,22H,4H2,1-3H3. The number of benzene rings is 1. The van der Waals surface area contributed by atoms with Gasteiger partial charge in [0.2, 0.25) is 0 Å². The molecule has 2 atom stereocenters. The number of thiazole rings is 1. The molecule has 0 aliphatic carbocycles. The van der Waals surface area contributed by atoms with Crippen LogP contribution in [0.5, 0.6) is 0 Å². The summed E-state index contributed by atoms with van der Waals surface area (Å²) < 4.78 is 37.8. The van der Waals surface area contributed by atoms with Crippen molar-refractivity contribution in [3.05, 3.63) is 68.3 Å². The van der Waals surface area contributed by atoms with Crippen LogP contribution in [0.4, 0.5) is 4.39 Å². The average molecular weight is 429 g/mol. The first-order valence-electron chi connectivity index (χ1n) is 8.25. The lowest BCUT2D eigenvalue weighted by molar-refractivity contribution is 0.249. The fraction of sp³-hybridized carbons (Fsp3) is 0.278. The van der Waals surface area contributed by atoms with Crippen LogP contribution in [0.3, 0.4) is 0 Å². The Morgan fingerprint density at radius 2 is 2.22 bits per heavy atom. The smallest absolute Gasteiger partial charge is 0.356 e. The van der Waals surface area contributed by atoms with Gasteiger partial charge in [-0.05, 0) is 37.6 Å². The van der Waals surface area contributed by atoms with Crippen LogP contribution in [-0.2, 0) is 13.6 Å². The van der Waals surface area contributed by atoms with E-state index in [1.807, 2.05) is 11.5 Å². The Hall–Kier alpha value is -1.50. The summed E-state index contributed by atoms with van der Waals surface area (Å²) in [5, 5.41) is 6.56. The summed E-state index contributed by atoms with van der Waals surface area (Å²) in [6, 6.07) is 4.15. The van der Waals surface area contributed by atoms with Crippen LogP contribution >= 0.6 is 30.5 Å². The molecule has 2 heterocycles. The van der Waals surface area contributed by atoms with Crippen molar-refractivity contribution < 1.29 is 18.0 Å². The quantitative estimate of drug-likeness (QED) is 0.592. The second kappa shape index (κ2) is 8.25. The molecule has 1 N–H and O–H groups in total. The van der Waals surface area contributed by atoms with E-state index in [9.17, 15) is 8.96 Å². The van der Waals surface area contributed by atoms with Gasteiger partial charge in [0.1, 0.15) is 10.8 Å². The van der Waals surface area contributed by atoms with Crippen LogP contribution in [-0.4, -0.2) is 18.7 Å². The minimum Gasteiger partial charge on any atom is -0.356 e. The fourth-order valence-corrected chi connectivity index (χ4v) is 5.73. The normalized spacial score (nSPS) is 19.4. The molecular formula is C18H19ClFN2O3PS. The molecule has 1 aliphatic heterocycles. The van der Waals surface area contributed by atoms with Crippen molar-refractivity contribution in [2.24, 2.45) is 0 Å². The lowest BCUT2D eigenvalue weighted by atomic mass is 9.94. The number of halogens is 2. The highest BCUT2D eigenvalue weighted by molar-refractivity contribution is 7.58. The molecule has 9 heteroatoms. The van der Waals surface area contributed by atoms with Gasteiger partial charge in [0, 0.05) is 35.3 Å². The summed E-state index contributed by atoms with van der Waals surface area (Å²) in [5.74, 6) is -0.959. The van der Waals surface area contributed by atoms with E-state index in [4.69, 9.17) is 20.6 Å². The monoisotopic (exact) mass is 428 g/mol. The summed E-state index contributed by atoms with van der Waals surface area (Å²) in [4.78, 5) is 4.32. The van der Waals surface area contributed by atoms with Crippen LogP contribution in [0.15, 0.2) is 46.9 Å². The Morgan fingerprint density at radius 3 is 2.81 bits per heavy atom. The van der Waals surface area contributed by atoms with Crippen molar-refractivity contribution in [2.45, 2.75) is 19.8 Å². The Balaban J connectivity index is 2.19. The molecule has 0 radical (unpaired) electrons. The second-order valence-electron chi connectivity index (χ2n) is 5.79. The van der Waals surface area contributed by atoms with Gasteiger partial charge in [0.15, 0.2) is 0 Å². The Bertz CT molecular complexity index is 946. The van der Waals surface area contributed by atoms with Crippen LogP contribution in [0.1, 0.15) is 30.3 Å². The van der Waals surface area contributed by atoms with Gasteiger partial charge in [0.05, 0.1) is 17.6 Å². The van der Waals surface area contributed by atoms with E-state index in [0.717, 1.165) is 10.7 Å². The minimum atomic E-state index is -3.59. The van der Waals surface area contributed by atoms with Crippen molar-refractivity contribution in [3.8, 4) is 0 Å². The zero-order chi connectivity index (χ0) is 19.6. The Labute approximate surface area is 166 Å². The van der Waals surface area contributed by atoms with E-state index in [2.05, 4.69) is 10.3 Å². The highest BCUT2D eigenvalue weighted by Gasteiger charge is 2.39. The lowest BCUT2D eigenvalue weighted by Crippen LogP contribution is -2.22. The second-order valence-corrected chi connectivity index (χ2v) is 9.20. The number of hydrogen-bond acceptors (Lipinski definition) is 6. The van der Waals surface area contributed by atoms with Gasteiger partial charge in [-0.3, -0.25) is 4.57 Å². The maximum absolute atomic E-state index is 13.6. The number of hydrogen-bond donors (Lipinski definition) is 1. The van der Waals surface area contributed by atoms with Gasteiger partial charge >= 0.3 is 7.60 Å². The van der Waals surface area contributed by atoms with E-state index in [-0.39, 0.29) is 11.6 Å². The van der Waals surface area contributed by atoms with Crippen molar-refractivity contribution in [1.29, 1.82) is 0 Å². The molecule has 2 unspecified atom stereocenters. The van der Waals surface area contributed by atoms with E-state index in [1.54, 1.807) is 26.1 Å². The number of dihydropyridines is 1. The summed E-state index contributed by atoms with van der Waals surface area (Å²) in [7, 11) is -2.24. The van der Waals surface area contributed by atoms with Gasteiger partial charge in [-0.15, -0.1) is 11.3 Å². The van der Waals surface area contributed by atoms with Crippen molar-refractivity contribution in [1.82, 2.24) is 10.3 Å². The third kappa shape index (κ3) is 4.03. The molecule has 1 aromatic heterocycles. The highest BCUT2D eigenvalue weighted by Crippen LogP contribution is 2.62. The molecule has 1 aromatic carbocycles. The molecule has 0 saturated carbocycles. The molecule has 0 amide bonds. The van der Waals surface area contributed by atoms with Crippen molar-refractivity contribution in [2.75, 3.05) is 13.7 Å².